The van der Waals surface area contributed by atoms with Gasteiger partial charge < -0.3 is 5.11 Å². The highest BCUT2D eigenvalue weighted by molar-refractivity contribution is 6.30. The van der Waals surface area contributed by atoms with Gasteiger partial charge in [-0.1, -0.05) is 22.8 Å². The molecule has 0 unspecified atom stereocenters. The number of halogens is 1. The SMILES string of the molecule is [N-]=[N+]=NC[C@]1(CO)C[C@@H]2C[C@@H]2c2cc(Cl)ccc21. The summed E-state index contributed by atoms with van der Waals surface area (Å²) < 4.78 is 0. The van der Waals surface area contributed by atoms with Gasteiger partial charge in [0.25, 0.3) is 0 Å². The monoisotopic (exact) mass is 263 g/mol. The molecule has 4 nitrogen and oxygen atoms in total. The lowest BCUT2D eigenvalue weighted by Gasteiger charge is -2.36. The Morgan fingerprint density at radius 2 is 2.39 bits per heavy atom. The molecule has 1 aromatic carbocycles. The van der Waals surface area contributed by atoms with E-state index in [1.54, 1.807) is 0 Å². The van der Waals surface area contributed by atoms with E-state index in [-0.39, 0.29) is 6.61 Å². The van der Waals surface area contributed by atoms with Crippen molar-refractivity contribution in [1.29, 1.82) is 0 Å². The topological polar surface area (TPSA) is 69.0 Å². The van der Waals surface area contributed by atoms with Gasteiger partial charge in [-0.25, -0.2) is 0 Å². The Hall–Kier alpha value is -1.22. The molecule has 0 saturated heterocycles. The fourth-order valence-corrected chi connectivity index (χ4v) is 3.49. The predicted molar refractivity (Wildman–Crippen MR) is 69.7 cm³/mol. The maximum absolute atomic E-state index is 9.80. The zero-order valence-corrected chi connectivity index (χ0v) is 10.6. The summed E-state index contributed by atoms with van der Waals surface area (Å²) in [6.45, 7) is 0.335. The van der Waals surface area contributed by atoms with E-state index in [0.29, 0.717) is 18.4 Å². The van der Waals surface area contributed by atoms with E-state index in [0.717, 1.165) is 23.4 Å². The van der Waals surface area contributed by atoms with E-state index in [2.05, 4.69) is 10.0 Å². The second kappa shape index (κ2) is 4.16. The molecule has 2 aliphatic rings. The number of nitrogens with zero attached hydrogens (tertiary/aromatic N) is 3. The molecule has 0 spiro atoms. The van der Waals surface area contributed by atoms with E-state index in [9.17, 15) is 5.11 Å². The third-order valence-corrected chi connectivity index (χ3v) is 4.53. The maximum Gasteiger partial charge on any atom is 0.0529 e. The van der Waals surface area contributed by atoms with Crippen molar-refractivity contribution in [2.24, 2.45) is 11.0 Å². The highest BCUT2D eigenvalue weighted by atomic mass is 35.5. The first kappa shape index (κ1) is 11.8. The molecule has 0 aromatic heterocycles. The van der Waals surface area contributed by atoms with E-state index in [1.165, 1.54) is 5.56 Å². The zero-order valence-electron chi connectivity index (χ0n) is 9.88. The minimum absolute atomic E-state index is 0.0177. The molecule has 5 heteroatoms. The van der Waals surface area contributed by atoms with Crippen LogP contribution in [0.4, 0.5) is 0 Å². The fraction of sp³-hybridized carbons (Fsp3) is 0.538. The summed E-state index contributed by atoms with van der Waals surface area (Å²) in [4.78, 5) is 2.84. The summed E-state index contributed by atoms with van der Waals surface area (Å²) >= 11 is 6.06. The number of benzene rings is 1. The van der Waals surface area contributed by atoms with Crippen LogP contribution in [-0.4, -0.2) is 18.3 Å². The van der Waals surface area contributed by atoms with Gasteiger partial charge in [-0.3, -0.25) is 0 Å². The van der Waals surface area contributed by atoms with Gasteiger partial charge in [0.1, 0.15) is 0 Å². The molecule has 94 valence electrons. The third-order valence-electron chi connectivity index (χ3n) is 4.30. The van der Waals surface area contributed by atoms with Gasteiger partial charge in [0.2, 0.25) is 0 Å². The average Bonchev–Trinajstić information content (AvgIpc) is 3.15. The fourth-order valence-electron chi connectivity index (χ4n) is 3.31. The van der Waals surface area contributed by atoms with E-state index < -0.39 is 5.41 Å². The van der Waals surface area contributed by atoms with Gasteiger partial charge in [0.05, 0.1) is 6.61 Å². The second-order valence-electron chi connectivity index (χ2n) is 5.37. The van der Waals surface area contributed by atoms with Crippen LogP contribution in [0.3, 0.4) is 0 Å². The summed E-state index contributed by atoms with van der Waals surface area (Å²) in [6.07, 6.45) is 2.06. The Kier molecular flexibility index (Phi) is 2.74. The lowest BCUT2D eigenvalue weighted by Crippen LogP contribution is -2.37. The van der Waals surface area contributed by atoms with Crippen LogP contribution in [0, 0.1) is 5.92 Å². The van der Waals surface area contributed by atoms with E-state index >= 15 is 0 Å². The summed E-state index contributed by atoms with van der Waals surface area (Å²) in [5.41, 5.74) is 10.5. The van der Waals surface area contributed by atoms with Gasteiger partial charge in [-0.2, -0.15) is 0 Å². The number of hydrogen-bond acceptors (Lipinski definition) is 2. The summed E-state index contributed by atoms with van der Waals surface area (Å²) in [5, 5.41) is 14.2. The predicted octanol–water partition coefficient (Wildman–Crippen LogP) is 3.39. The van der Waals surface area contributed by atoms with Crippen LogP contribution in [0.5, 0.6) is 0 Å². The van der Waals surface area contributed by atoms with Crippen LogP contribution in [0.1, 0.15) is 29.9 Å². The lowest BCUT2D eigenvalue weighted by atomic mass is 9.70. The number of rotatable bonds is 3. The Balaban J connectivity index is 2.10. The average molecular weight is 264 g/mol. The van der Waals surface area contributed by atoms with Crippen molar-refractivity contribution in [3.05, 3.63) is 44.8 Å². The Bertz CT molecular complexity index is 541. The molecule has 3 atom stereocenters. The molecule has 0 bridgehead atoms. The Morgan fingerprint density at radius 1 is 1.56 bits per heavy atom. The van der Waals surface area contributed by atoms with Crippen molar-refractivity contribution in [1.82, 2.24) is 0 Å². The molecule has 1 aromatic rings. The van der Waals surface area contributed by atoms with Crippen LogP contribution < -0.4 is 0 Å². The van der Waals surface area contributed by atoms with Crippen molar-refractivity contribution < 1.29 is 5.11 Å². The van der Waals surface area contributed by atoms with Crippen molar-refractivity contribution in [2.45, 2.75) is 24.2 Å². The van der Waals surface area contributed by atoms with Crippen LogP contribution in [0.15, 0.2) is 23.3 Å². The van der Waals surface area contributed by atoms with Crippen molar-refractivity contribution in [3.8, 4) is 0 Å². The number of hydrogen-bond donors (Lipinski definition) is 1. The molecule has 3 rings (SSSR count). The summed E-state index contributed by atoms with van der Waals surface area (Å²) in [7, 11) is 0. The van der Waals surface area contributed by atoms with Gasteiger partial charge in [-0.15, -0.1) is 0 Å². The molecule has 1 saturated carbocycles. The van der Waals surface area contributed by atoms with Crippen LogP contribution >= 0.6 is 11.6 Å². The molecule has 0 heterocycles. The van der Waals surface area contributed by atoms with Crippen molar-refractivity contribution >= 4 is 11.6 Å². The molecular formula is C13H14ClN3O. The molecule has 0 radical (unpaired) electrons. The van der Waals surface area contributed by atoms with Crippen LogP contribution in [-0.2, 0) is 5.41 Å². The smallest absolute Gasteiger partial charge is 0.0529 e. The van der Waals surface area contributed by atoms with Gasteiger partial charge in [0.15, 0.2) is 0 Å². The minimum Gasteiger partial charge on any atom is -0.395 e. The molecule has 0 aliphatic heterocycles. The summed E-state index contributed by atoms with van der Waals surface area (Å²) in [6, 6.07) is 5.83. The molecule has 18 heavy (non-hydrogen) atoms. The van der Waals surface area contributed by atoms with Crippen molar-refractivity contribution in [3.63, 3.8) is 0 Å². The maximum atomic E-state index is 9.80. The zero-order chi connectivity index (χ0) is 12.8. The quantitative estimate of drug-likeness (QED) is 0.507. The largest absolute Gasteiger partial charge is 0.395 e. The second-order valence-corrected chi connectivity index (χ2v) is 5.80. The molecular weight excluding hydrogens is 250 g/mol. The minimum atomic E-state index is -0.413. The number of fused-ring (bicyclic) bond motifs is 3. The first-order chi connectivity index (χ1) is 8.70. The summed E-state index contributed by atoms with van der Waals surface area (Å²) in [5.74, 6) is 1.20. The molecule has 0 amide bonds. The number of aliphatic hydroxyl groups excluding tert-OH is 1. The van der Waals surface area contributed by atoms with Crippen LogP contribution in [0.25, 0.3) is 10.4 Å². The number of azide groups is 1. The first-order valence-corrected chi connectivity index (χ1v) is 6.49. The Morgan fingerprint density at radius 3 is 3.11 bits per heavy atom. The normalized spacial score (nSPS) is 32.1. The molecule has 1 N–H and O–H groups in total. The Labute approximate surface area is 110 Å². The first-order valence-electron chi connectivity index (χ1n) is 6.12. The number of aliphatic hydroxyl groups is 1. The molecule has 1 fully saturated rings. The van der Waals surface area contributed by atoms with Gasteiger partial charge >= 0.3 is 0 Å². The lowest BCUT2D eigenvalue weighted by molar-refractivity contribution is 0.176. The van der Waals surface area contributed by atoms with Gasteiger partial charge in [-0.05, 0) is 53.5 Å². The highest BCUT2D eigenvalue weighted by Gasteiger charge is 2.51. The highest BCUT2D eigenvalue weighted by Crippen LogP contribution is 2.60. The van der Waals surface area contributed by atoms with E-state index in [1.807, 2.05) is 18.2 Å². The van der Waals surface area contributed by atoms with Gasteiger partial charge in [0, 0.05) is 21.9 Å². The van der Waals surface area contributed by atoms with Crippen LogP contribution in [0.2, 0.25) is 5.02 Å². The standard InChI is InChI=1S/C13H14ClN3O/c14-9-1-2-12-11(4-9)10-3-8(10)5-13(12,7-18)6-16-17-15/h1-2,4,8,10,18H,3,5-7H2/t8-,10-,13-/m0/s1. The van der Waals surface area contributed by atoms with Crippen molar-refractivity contribution in [2.75, 3.05) is 13.2 Å². The van der Waals surface area contributed by atoms with E-state index in [4.69, 9.17) is 17.1 Å². The molecule has 2 aliphatic carbocycles. The third kappa shape index (κ3) is 1.69.